The molecule has 0 aliphatic carbocycles. The summed E-state index contributed by atoms with van der Waals surface area (Å²) in [5.41, 5.74) is 6.90. The first-order valence-corrected chi connectivity index (χ1v) is 5.65. The average molecular weight is 347 g/mol. The molecule has 0 aromatic heterocycles. The van der Waals surface area contributed by atoms with Gasteiger partial charge in [0.15, 0.2) is 0 Å². The van der Waals surface area contributed by atoms with Gasteiger partial charge >= 0.3 is 0 Å². The van der Waals surface area contributed by atoms with E-state index in [1.807, 2.05) is 30.3 Å². The predicted octanol–water partition coefficient (Wildman–Crippen LogP) is -1.51. The third-order valence-corrected chi connectivity index (χ3v) is 2.34. The van der Waals surface area contributed by atoms with E-state index in [2.05, 4.69) is 26.1 Å². The second-order valence-corrected chi connectivity index (χ2v) is 5.00. The van der Waals surface area contributed by atoms with Crippen LogP contribution in [0.1, 0.15) is 12.0 Å². The minimum absolute atomic E-state index is 0. The van der Waals surface area contributed by atoms with E-state index < -0.39 is 0 Å². The van der Waals surface area contributed by atoms with E-state index in [1.165, 1.54) is 0 Å². The van der Waals surface area contributed by atoms with Crippen molar-refractivity contribution >= 4 is 5.84 Å². The summed E-state index contributed by atoms with van der Waals surface area (Å²) in [7, 11) is 6.55. The number of amidine groups is 1. The van der Waals surface area contributed by atoms with E-state index in [9.17, 15) is 0 Å². The first-order chi connectivity index (χ1) is 7.49. The highest BCUT2D eigenvalue weighted by molar-refractivity contribution is 5.97. The molecule has 0 spiro atoms. The lowest BCUT2D eigenvalue weighted by atomic mass is 10.2. The Kier molecular flexibility index (Phi) is 7.38. The molecule has 1 aromatic carbocycles. The Bertz CT molecular complexity index is 341. The molecule has 0 amide bonds. The molecule has 0 aliphatic rings. The molecule has 0 heterocycles. The predicted molar refractivity (Wildman–Crippen MR) is 69.5 cm³/mol. The molecule has 4 heteroatoms. The van der Waals surface area contributed by atoms with Gasteiger partial charge in [-0.15, -0.1) is 0 Å². The molecule has 3 nitrogen and oxygen atoms in total. The van der Waals surface area contributed by atoms with Crippen LogP contribution in [0.5, 0.6) is 0 Å². The van der Waals surface area contributed by atoms with Gasteiger partial charge < -0.3 is 34.2 Å². The van der Waals surface area contributed by atoms with Gasteiger partial charge in [-0.25, -0.2) is 0 Å². The fourth-order valence-corrected chi connectivity index (χ4v) is 1.44. The molecule has 96 valence electrons. The van der Waals surface area contributed by atoms with Gasteiger partial charge in [-0.2, -0.15) is 0 Å². The van der Waals surface area contributed by atoms with Crippen LogP contribution in [0.4, 0.5) is 0 Å². The summed E-state index contributed by atoms with van der Waals surface area (Å²) in [6.07, 6.45) is 1.07. The number of nitrogens with zero attached hydrogens (tertiary/aromatic N) is 2. The van der Waals surface area contributed by atoms with Gasteiger partial charge in [0, 0.05) is 18.5 Å². The van der Waals surface area contributed by atoms with Crippen molar-refractivity contribution in [2.75, 3.05) is 34.2 Å². The molecule has 0 fully saturated rings. The van der Waals surface area contributed by atoms with Gasteiger partial charge in [0.1, 0.15) is 5.84 Å². The van der Waals surface area contributed by atoms with Crippen LogP contribution in [-0.2, 0) is 0 Å². The zero-order valence-corrected chi connectivity index (χ0v) is 13.0. The third kappa shape index (κ3) is 7.33. The van der Waals surface area contributed by atoms with Crippen LogP contribution in [0.2, 0.25) is 0 Å². The lowest BCUT2D eigenvalue weighted by molar-refractivity contribution is -0.870. The van der Waals surface area contributed by atoms with E-state index in [0.717, 1.165) is 29.6 Å². The standard InChI is InChI=1S/C13H22N3.HI/c1-16(2,3)11-7-10-15-13(14)12-8-5-4-6-9-12;/h4-6,8-9H,7,10-11H2,1-3H3,(H2,14,15);1H/q+1;/p-1. The van der Waals surface area contributed by atoms with Crippen molar-refractivity contribution in [1.82, 2.24) is 0 Å². The first kappa shape index (κ1) is 16.4. The summed E-state index contributed by atoms with van der Waals surface area (Å²) in [5, 5.41) is 0. The highest BCUT2D eigenvalue weighted by Crippen LogP contribution is 1.99. The fourth-order valence-electron chi connectivity index (χ4n) is 1.44. The van der Waals surface area contributed by atoms with Crippen LogP contribution < -0.4 is 29.7 Å². The summed E-state index contributed by atoms with van der Waals surface area (Å²) >= 11 is 0. The van der Waals surface area contributed by atoms with Crippen molar-refractivity contribution in [1.29, 1.82) is 0 Å². The molecule has 0 saturated carbocycles. The van der Waals surface area contributed by atoms with Crippen molar-refractivity contribution in [3.8, 4) is 0 Å². The Morgan fingerprint density at radius 2 is 1.76 bits per heavy atom. The Morgan fingerprint density at radius 3 is 2.29 bits per heavy atom. The van der Waals surface area contributed by atoms with E-state index in [4.69, 9.17) is 5.73 Å². The Labute approximate surface area is 121 Å². The maximum atomic E-state index is 5.89. The number of nitrogens with two attached hydrogens (primary N) is 1. The summed E-state index contributed by atoms with van der Waals surface area (Å²) in [5.74, 6) is 0.641. The molecule has 0 atom stereocenters. The van der Waals surface area contributed by atoms with Crippen molar-refractivity contribution in [3.63, 3.8) is 0 Å². The van der Waals surface area contributed by atoms with Gasteiger partial charge in [-0.3, -0.25) is 4.99 Å². The minimum atomic E-state index is 0. The summed E-state index contributed by atoms with van der Waals surface area (Å²) in [4.78, 5) is 4.38. The monoisotopic (exact) mass is 347 g/mol. The van der Waals surface area contributed by atoms with E-state index in [0.29, 0.717) is 5.84 Å². The third-order valence-electron chi connectivity index (χ3n) is 2.34. The van der Waals surface area contributed by atoms with Gasteiger partial charge in [0.2, 0.25) is 0 Å². The molecule has 0 aliphatic heterocycles. The average Bonchev–Trinajstić information content (AvgIpc) is 2.24. The Balaban J connectivity index is 0.00000256. The Hall–Kier alpha value is -0.620. The van der Waals surface area contributed by atoms with Gasteiger partial charge in [0.25, 0.3) is 0 Å². The van der Waals surface area contributed by atoms with Crippen LogP contribution in [0.15, 0.2) is 35.3 Å². The topological polar surface area (TPSA) is 38.4 Å². The quantitative estimate of drug-likeness (QED) is 0.227. The second-order valence-electron chi connectivity index (χ2n) is 5.00. The normalized spacial score (nSPS) is 12.1. The molecule has 1 rings (SSSR count). The van der Waals surface area contributed by atoms with Crippen LogP contribution in [0.25, 0.3) is 0 Å². The molecule has 1 aromatic rings. The summed E-state index contributed by atoms with van der Waals surface area (Å²) in [6.45, 7) is 1.92. The van der Waals surface area contributed by atoms with Gasteiger partial charge in [-0.1, -0.05) is 30.3 Å². The number of hydrogen-bond acceptors (Lipinski definition) is 1. The van der Waals surface area contributed by atoms with E-state index in [-0.39, 0.29) is 24.0 Å². The van der Waals surface area contributed by atoms with Crippen LogP contribution >= 0.6 is 0 Å². The minimum Gasteiger partial charge on any atom is -1.00 e. The highest BCUT2D eigenvalue weighted by Gasteiger charge is 2.05. The summed E-state index contributed by atoms with van der Waals surface area (Å²) < 4.78 is 0.973. The molecule has 0 radical (unpaired) electrons. The van der Waals surface area contributed by atoms with Crippen LogP contribution in [0.3, 0.4) is 0 Å². The number of benzene rings is 1. The van der Waals surface area contributed by atoms with Crippen molar-refractivity contribution < 1.29 is 28.5 Å². The summed E-state index contributed by atoms with van der Waals surface area (Å²) in [6, 6.07) is 9.90. The van der Waals surface area contributed by atoms with E-state index >= 15 is 0 Å². The molecular formula is C13H22IN3. The first-order valence-electron chi connectivity index (χ1n) is 5.65. The van der Waals surface area contributed by atoms with Crippen LogP contribution in [0, 0.1) is 0 Å². The molecule has 17 heavy (non-hydrogen) atoms. The van der Waals surface area contributed by atoms with E-state index in [1.54, 1.807) is 0 Å². The molecule has 0 saturated heterocycles. The number of hydrogen-bond donors (Lipinski definition) is 1. The maximum absolute atomic E-state index is 5.89. The lowest BCUT2D eigenvalue weighted by Crippen LogP contribution is -3.00. The van der Waals surface area contributed by atoms with Gasteiger partial charge in [-0.05, 0) is 0 Å². The van der Waals surface area contributed by atoms with Crippen molar-refractivity contribution in [3.05, 3.63) is 35.9 Å². The highest BCUT2D eigenvalue weighted by atomic mass is 127. The second kappa shape index (κ2) is 7.66. The van der Waals surface area contributed by atoms with Gasteiger partial charge in [0.05, 0.1) is 27.7 Å². The SMILES string of the molecule is C[N+](C)(C)CCCN=C(N)c1ccccc1.[I-]. The fraction of sp³-hybridized carbons (Fsp3) is 0.462. The number of rotatable bonds is 5. The van der Waals surface area contributed by atoms with Crippen molar-refractivity contribution in [2.24, 2.45) is 10.7 Å². The number of halogens is 1. The van der Waals surface area contributed by atoms with Crippen molar-refractivity contribution in [2.45, 2.75) is 6.42 Å². The number of aliphatic imine (C=N–C) groups is 1. The molecule has 2 N–H and O–H groups in total. The zero-order valence-electron chi connectivity index (χ0n) is 10.9. The van der Waals surface area contributed by atoms with Crippen LogP contribution in [-0.4, -0.2) is 44.6 Å². The maximum Gasteiger partial charge on any atom is 0.125 e. The zero-order chi connectivity index (χ0) is 12.0. The number of quaternary nitrogens is 1. The molecule has 0 unspecified atom stereocenters. The molecule has 0 bridgehead atoms. The molecular weight excluding hydrogens is 325 g/mol. The largest absolute Gasteiger partial charge is 1.00 e. The smallest absolute Gasteiger partial charge is 0.125 e. The lowest BCUT2D eigenvalue weighted by Gasteiger charge is -2.23. The Morgan fingerprint density at radius 1 is 1.18 bits per heavy atom.